The molecule has 5 heteroatoms. The van der Waals surface area contributed by atoms with Crippen molar-refractivity contribution >= 4 is 17.7 Å². The van der Waals surface area contributed by atoms with Crippen molar-refractivity contribution < 1.29 is 19.1 Å². The highest BCUT2D eigenvalue weighted by atomic mass is 16.6. The van der Waals surface area contributed by atoms with Crippen molar-refractivity contribution in [3.8, 4) is 0 Å². The van der Waals surface area contributed by atoms with Crippen LogP contribution >= 0.6 is 0 Å². The molecule has 0 fully saturated rings. The number of anilines is 1. The van der Waals surface area contributed by atoms with Crippen LogP contribution in [0, 0.1) is 5.41 Å². The van der Waals surface area contributed by atoms with Gasteiger partial charge in [0.05, 0.1) is 12.5 Å². The average Bonchev–Trinajstić information content (AvgIpc) is 2.43. The van der Waals surface area contributed by atoms with Crippen molar-refractivity contribution in [3.05, 3.63) is 29.8 Å². The van der Waals surface area contributed by atoms with Crippen molar-refractivity contribution in [2.45, 2.75) is 53.1 Å². The van der Waals surface area contributed by atoms with E-state index in [0.29, 0.717) is 12.1 Å². The lowest BCUT2D eigenvalue weighted by molar-refractivity contribution is -0.151. The Hall–Kier alpha value is -2.04. The Bertz CT molecular complexity index is 541. The molecule has 0 aliphatic rings. The molecule has 1 aromatic carbocycles. The summed E-state index contributed by atoms with van der Waals surface area (Å²) in [5.41, 5.74) is 0.734. The first-order valence-corrected chi connectivity index (χ1v) is 7.71. The van der Waals surface area contributed by atoms with E-state index in [4.69, 9.17) is 9.47 Å². The molecule has 1 rings (SSSR count). The lowest BCUT2D eigenvalue weighted by atomic mass is 9.86. The minimum absolute atomic E-state index is 0.208. The summed E-state index contributed by atoms with van der Waals surface area (Å²) in [6.45, 7) is 9.20. The fraction of sp³-hybridized carbons (Fsp3) is 0.556. The average molecular weight is 321 g/mol. The second kappa shape index (κ2) is 7.49. The van der Waals surface area contributed by atoms with Crippen molar-refractivity contribution in [1.29, 1.82) is 0 Å². The Balaban J connectivity index is 2.57. The van der Waals surface area contributed by atoms with Gasteiger partial charge in [-0.3, -0.25) is 10.1 Å². The molecule has 0 aliphatic heterocycles. The van der Waals surface area contributed by atoms with Gasteiger partial charge in [0.25, 0.3) is 0 Å². The van der Waals surface area contributed by atoms with Crippen LogP contribution in [0.25, 0.3) is 0 Å². The number of amides is 1. The van der Waals surface area contributed by atoms with Crippen molar-refractivity contribution in [2.75, 3.05) is 12.4 Å². The van der Waals surface area contributed by atoms with Crippen LogP contribution in [-0.2, 0) is 20.7 Å². The molecule has 1 amide bonds. The zero-order chi connectivity index (χ0) is 17.7. The first kappa shape index (κ1) is 19.0. The summed E-state index contributed by atoms with van der Waals surface area (Å²) in [6.07, 6.45) is 0.977. The molecule has 0 saturated heterocycles. The molecule has 0 aromatic heterocycles. The zero-order valence-electron chi connectivity index (χ0n) is 14.9. The van der Waals surface area contributed by atoms with Crippen molar-refractivity contribution in [1.82, 2.24) is 0 Å². The molecular formula is C18H27NO4. The summed E-state index contributed by atoms with van der Waals surface area (Å²) in [4.78, 5) is 23.4. The molecule has 1 aromatic rings. The van der Waals surface area contributed by atoms with Gasteiger partial charge >= 0.3 is 12.1 Å². The van der Waals surface area contributed by atoms with Gasteiger partial charge in [-0.15, -0.1) is 0 Å². The van der Waals surface area contributed by atoms with Gasteiger partial charge in [0.1, 0.15) is 5.60 Å². The third kappa shape index (κ3) is 6.72. The molecule has 5 nitrogen and oxygen atoms in total. The molecule has 0 bridgehead atoms. The molecule has 0 saturated carbocycles. The number of hydrogen-bond acceptors (Lipinski definition) is 4. The molecular weight excluding hydrogens is 294 g/mol. The second-order valence-corrected chi connectivity index (χ2v) is 7.20. The standard InChI is InChI=1S/C18H27NO4/c1-17(2,3)23-16(21)19-14-9-7-13(8-10-14)11-12-18(4,5)15(20)22-6/h7-10H,11-12H2,1-6H3,(H,19,21). The van der Waals surface area contributed by atoms with Crippen LogP contribution in [0.15, 0.2) is 24.3 Å². The SMILES string of the molecule is COC(=O)C(C)(C)CCc1ccc(NC(=O)OC(C)(C)C)cc1. The largest absolute Gasteiger partial charge is 0.469 e. The van der Waals surface area contributed by atoms with E-state index < -0.39 is 17.1 Å². The second-order valence-electron chi connectivity index (χ2n) is 7.20. The van der Waals surface area contributed by atoms with E-state index in [1.165, 1.54) is 7.11 Å². The van der Waals surface area contributed by atoms with E-state index in [9.17, 15) is 9.59 Å². The number of benzene rings is 1. The topological polar surface area (TPSA) is 64.6 Å². The van der Waals surface area contributed by atoms with Crippen LogP contribution in [0.5, 0.6) is 0 Å². The van der Waals surface area contributed by atoms with Crippen LogP contribution in [0.4, 0.5) is 10.5 Å². The Morgan fingerprint density at radius 2 is 1.61 bits per heavy atom. The first-order valence-electron chi connectivity index (χ1n) is 7.71. The third-order valence-electron chi connectivity index (χ3n) is 3.38. The minimum Gasteiger partial charge on any atom is -0.469 e. The van der Waals surface area contributed by atoms with E-state index in [1.54, 1.807) is 0 Å². The highest BCUT2D eigenvalue weighted by molar-refractivity contribution is 5.84. The van der Waals surface area contributed by atoms with Crippen molar-refractivity contribution in [2.24, 2.45) is 5.41 Å². The Morgan fingerprint density at radius 3 is 2.09 bits per heavy atom. The number of rotatable bonds is 5. The van der Waals surface area contributed by atoms with Gasteiger partial charge in [0, 0.05) is 5.69 Å². The highest BCUT2D eigenvalue weighted by Gasteiger charge is 2.28. The summed E-state index contributed by atoms with van der Waals surface area (Å²) in [6, 6.07) is 7.51. The number of aryl methyl sites for hydroxylation is 1. The first-order chi connectivity index (χ1) is 10.5. The maximum Gasteiger partial charge on any atom is 0.412 e. The van der Waals surface area contributed by atoms with E-state index in [1.807, 2.05) is 58.9 Å². The molecule has 0 heterocycles. The normalized spacial score (nSPS) is 11.7. The Morgan fingerprint density at radius 1 is 1.04 bits per heavy atom. The van der Waals surface area contributed by atoms with Crippen molar-refractivity contribution in [3.63, 3.8) is 0 Å². The molecule has 23 heavy (non-hydrogen) atoms. The number of methoxy groups -OCH3 is 1. The van der Waals surface area contributed by atoms with Crippen LogP contribution < -0.4 is 5.32 Å². The van der Waals surface area contributed by atoms with E-state index in [0.717, 1.165) is 12.0 Å². The number of carbonyl (C=O) groups is 2. The number of carbonyl (C=O) groups excluding carboxylic acids is 2. The fourth-order valence-corrected chi connectivity index (χ4v) is 2.01. The van der Waals surface area contributed by atoms with E-state index in [2.05, 4.69) is 5.32 Å². The lowest BCUT2D eigenvalue weighted by Gasteiger charge is -2.21. The van der Waals surface area contributed by atoms with Gasteiger partial charge < -0.3 is 9.47 Å². The summed E-state index contributed by atoms with van der Waals surface area (Å²) in [5.74, 6) is -0.208. The fourth-order valence-electron chi connectivity index (χ4n) is 2.01. The maximum atomic E-state index is 11.7. The molecule has 1 N–H and O–H groups in total. The quantitative estimate of drug-likeness (QED) is 0.827. The van der Waals surface area contributed by atoms with Crippen LogP contribution in [-0.4, -0.2) is 24.8 Å². The summed E-state index contributed by atoms with van der Waals surface area (Å²) in [7, 11) is 1.40. The van der Waals surface area contributed by atoms with Gasteiger partial charge in [0.15, 0.2) is 0 Å². The highest BCUT2D eigenvalue weighted by Crippen LogP contribution is 2.25. The summed E-state index contributed by atoms with van der Waals surface area (Å²) < 4.78 is 10.0. The van der Waals surface area contributed by atoms with E-state index in [-0.39, 0.29) is 5.97 Å². The third-order valence-corrected chi connectivity index (χ3v) is 3.38. The molecule has 0 aliphatic carbocycles. The van der Waals surface area contributed by atoms with Crippen LogP contribution in [0.1, 0.15) is 46.6 Å². The monoisotopic (exact) mass is 321 g/mol. The minimum atomic E-state index is -0.524. The smallest absolute Gasteiger partial charge is 0.412 e. The Labute approximate surface area is 138 Å². The lowest BCUT2D eigenvalue weighted by Crippen LogP contribution is -2.27. The van der Waals surface area contributed by atoms with Crippen LogP contribution in [0.3, 0.4) is 0 Å². The number of nitrogens with one attached hydrogen (secondary N) is 1. The summed E-state index contributed by atoms with van der Waals surface area (Å²) >= 11 is 0. The predicted molar refractivity (Wildman–Crippen MR) is 90.4 cm³/mol. The summed E-state index contributed by atoms with van der Waals surface area (Å²) in [5, 5.41) is 2.69. The number of ether oxygens (including phenoxy) is 2. The predicted octanol–water partition coefficient (Wildman–Crippen LogP) is 4.17. The van der Waals surface area contributed by atoms with Crippen LogP contribution in [0.2, 0.25) is 0 Å². The number of esters is 1. The van der Waals surface area contributed by atoms with Gasteiger partial charge in [-0.05, 0) is 65.2 Å². The molecule has 0 radical (unpaired) electrons. The number of hydrogen-bond donors (Lipinski definition) is 1. The Kier molecular flexibility index (Phi) is 6.19. The van der Waals surface area contributed by atoms with Gasteiger partial charge in [0.2, 0.25) is 0 Å². The van der Waals surface area contributed by atoms with Gasteiger partial charge in [-0.2, -0.15) is 0 Å². The molecule has 0 unspecified atom stereocenters. The maximum absolute atomic E-state index is 11.7. The van der Waals surface area contributed by atoms with Gasteiger partial charge in [-0.1, -0.05) is 12.1 Å². The molecule has 0 spiro atoms. The van der Waals surface area contributed by atoms with Gasteiger partial charge in [-0.25, -0.2) is 4.79 Å². The van der Waals surface area contributed by atoms with E-state index >= 15 is 0 Å². The molecule has 0 atom stereocenters. The molecule has 128 valence electrons. The zero-order valence-corrected chi connectivity index (χ0v) is 14.9.